The molecule has 0 bridgehead atoms. The number of amides is 2. The van der Waals surface area contributed by atoms with Crippen molar-refractivity contribution in [3.05, 3.63) is 0 Å². The number of ether oxygens (including phenoxy) is 2. The van der Waals surface area contributed by atoms with Crippen molar-refractivity contribution in [1.82, 2.24) is 10.6 Å². The molecular formula is C30H64Cl2N4O8. The van der Waals surface area contributed by atoms with Gasteiger partial charge in [-0.2, -0.15) is 0 Å². The fraction of sp³-hybridized carbons (Fsp3) is 0.867. The van der Waals surface area contributed by atoms with Crippen molar-refractivity contribution in [3.63, 3.8) is 0 Å². The van der Waals surface area contributed by atoms with E-state index in [0.29, 0.717) is 13.1 Å². The van der Waals surface area contributed by atoms with Crippen molar-refractivity contribution in [1.29, 1.82) is 0 Å². The van der Waals surface area contributed by atoms with Gasteiger partial charge in [-0.25, -0.2) is 0 Å². The molecule has 0 radical (unpaired) electrons. The molecule has 44 heavy (non-hydrogen) atoms. The molecule has 2 amide bonds. The fourth-order valence-electron chi connectivity index (χ4n) is 3.22. The van der Waals surface area contributed by atoms with Gasteiger partial charge in [0.1, 0.15) is 6.29 Å². The Morgan fingerprint density at radius 3 is 1.39 bits per heavy atom. The molecule has 2 atom stereocenters. The van der Waals surface area contributed by atoms with E-state index in [2.05, 4.69) is 54.6 Å². The highest BCUT2D eigenvalue weighted by molar-refractivity contribution is 6.07. The number of halogens is 2. The second-order valence-corrected chi connectivity index (χ2v) is 9.89. The number of methoxy groups -OCH3 is 1. The normalized spacial score (nSPS) is 10.8. The van der Waals surface area contributed by atoms with Crippen LogP contribution in [0.15, 0.2) is 0 Å². The maximum absolute atomic E-state index is 11.8. The van der Waals surface area contributed by atoms with E-state index in [-0.39, 0.29) is 6.47 Å². The van der Waals surface area contributed by atoms with Gasteiger partial charge in [0, 0.05) is 26.6 Å². The van der Waals surface area contributed by atoms with E-state index in [0.717, 1.165) is 51.5 Å². The van der Waals surface area contributed by atoms with Crippen LogP contribution in [0.5, 0.6) is 0 Å². The number of hydrogen-bond acceptors (Lipinski definition) is 10. The molecule has 0 rings (SSSR count). The predicted molar refractivity (Wildman–Crippen MR) is 179 cm³/mol. The third-order valence-electron chi connectivity index (χ3n) is 5.43. The van der Waals surface area contributed by atoms with Gasteiger partial charge < -0.3 is 36.4 Å². The van der Waals surface area contributed by atoms with Crippen LogP contribution in [-0.4, -0.2) is 84.3 Å². The third kappa shape index (κ3) is 47.4. The van der Waals surface area contributed by atoms with Crippen LogP contribution in [0.25, 0.3) is 0 Å². The number of rotatable bonds is 23. The average Bonchev–Trinajstić information content (AvgIpc) is 3.02. The lowest BCUT2D eigenvalue weighted by Crippen LogP contribution is -2.51. The van der Waals surface area contributed by atoms with Crippen molar-refractivity contribution >= 4 is 48.3 Å². The van der Waals surface area contributed by atoms with Gasteiger partial charge in [0.15, 0.2) is 6.10 Å². The van der Waals surface area contributed by atoms with Gasteiger partial charge in [-0.3, -0.25) is 23.0 Å². The molecule has 2 unspecified atom stereocenters. The third-order valence-corrected chi connectivity index (χ3v) is 5.43. The lowest BCUT2D eigenvalue weighted by atomic mass is 10.1. The minimum Gasteiger partial charge on any atom is -0.451 e. The zero-order valence-electron chi connectivity index (χ0n) is 28.2. The molecule has 12 nitrogen and oxygen atoms in total. The summed E-state index contributed by atoms with van der Waals surface area (Å²) in [7, 11) is 4.06. The summed E-state index contributed by atoms with van der Waals surface area (Å²) in [5, 5.41) is 5.15. The van der Waals surface area contributed by atoms with E-state index >= 15 is 0 Å². The highest BCUT2D eigenvalue weighted by Crippen LogP contribution is 2.05. The number of unbranched alkanes of at least 4 members (excludes halogenated alkanes) is 10. The van der Waals surface area contributed by atoms with Gasteiger partial charge in [0.05, 0.1) is 38.0 Å². The highest BCUT2D eigenvalue weighted by atomic mass is 35.5. The van der Waals surface area contributed by atoms with Crippen LogP contribution in [-0.2, 0) is 37.2 Å². The summed E-state index contributed by atoms with van der Waals surface area (Å²) in [5.74, 6) is -1.03. The number of nitrogens with two attached hydrogens (primary N) is 2. The first-order chi connectivity index (χ1) is 21.3. The van der Waals surface area contributed by atoms with Gasteiger partial charge >= 0.3 is 0 Å². The lowest BCUT2D eigenvalue weighted by Gasteiger charge is -2.22. The van der Waals surface area contributed by atoms with Gasteiger partial charge in [0.2, 0.25) is 6.10 Å². The van der Waals surface area contributed by atoms with Crippen molar-refractivity contribution in [2.75, 3.05) is 47.5 Å². The SMILES string of the molecule is CCCCCCCCN.CCCNC(=O)C(OC)C(OC=O)C(=O)NCCC.COCl.COCl.NCCCCCCCC=O. The van der Waals surface area contributed by atoms with Crippen molar-refractivity contribution in [2.45, 2.75) is 123 Å². The Balaban J connectivity index is -0.000000170. The monoisotopic (exact) mass is 678 g/mol. The number of aldehydes is 1. The molecule has 0 aliphatic carbocycles. The number of carbonyl (C=O) groups excluding carboxylic acids is 4. The Kier molecular flexibility index (Phi) is 60.4. The van der Waals surface area contributed by atoms with Crippen molar-refractivity contribution in [3.8, 4) is 0 Å². The van der Waals surface area contributed by atoms with Crippen LogP contribution in [0.4, 0.5) is 0 Å². The summed E-state index contributed by atoms with van der Waals surface area (Å²) in [6.45, 7) is 8.72. The first-order valence-electron chi connectivity index (χ1n) is 15.6. The number of hydrogen-bond donors (Lipinski definition) is 4. The lowest BCUT2D eigenvalue weighted by molar-refractivity contribution is -0.159. The standard InChI is InChI=1S/C12H22N2O5.C8H17NO.C8H19N.2CH3ClO/c1-4-6-13-11(16)9(18-3)10(19-8-15)12(17)14-7-5-2;9-7-5-3-1-2-4-6-8-10;1-2-3-4-5-6-7-8-9;2*1-3-2/h8-10H,4-7H2,1-3H3,(H,13,16)(H,14,17);8H,1-7,9H2;2-9H2,1H3;2*1H3. The van der Waals surface area contributed by atoms with Gasteiger partial charge in [-0.05, 0) is 45.2 Å². The van der Waals surface area contributed by atoms with E-state index in [4.69, 9.17) is 16.2 Å². The molecule has 0 heterocycles. The van der Waals surface area contributed by atoms with Crippen molar-refractivity contribution < 1.29 is 37.2 Å². The molecule has 0 aliphatic heterocycles. The summed E-state index contributed by atoms with van der Waals surface area (Å²) >= 11 is 9.00. The first-order valence-corrected chi connectivity index (χ1v) is 16.2. The fourth-order valence-corrected chi connectivity index (χ4v) is 3.22. The zero-order chi connectivity index (χ0) is 34.7. The van der Waals surface area contributed by atoms with Gasteiger partial charge in [-0.1, -0.05) is 72.1 Å². The largest absolute Gasteiger partial charge is 0.451 e. The van der Waals surface area contributed by atoms with E-state index < -0.39 is 24.0 Å². The van der Waals surface area contributed by atoms with Crippen LogP contribution in [0, 0.1) is 0 Å². The topological polar surface area (TPSA) is 181 Å². The minimum absolute atomic E-state index is 0.134. The number of nitrogens with one attached hydrogen (secondary N) is 2. The van der Waals surface area contributed by atoms with E-state index in [9.17, 15) is 19.2 Å². The quantitative estimate of drug-likeness (QED) is 0.0851. The summed E-state index contributed by atoms with van der Waals surface area (Å²) < 4.78 is 17.1. The van der Waals surface area contributed by atoms with E-state index in [1.807, 2.05) is 13.8 Å². The molecule has 0 saturated carbocycles. The first kappa shape index (κ1) is 52.0. The Morgan fingerprint density at radius 2 is 1.05 bits per heavy atom. The van der Waals surface area contributed by atoms with Gasteiger partial charge in [0.25, 0.3) is 18.3 Å². The maximum atomic E-state index is 11.8. The molecule has 0 saturated heterocycles. The molecule has 266 valence electrons. The predicted octanol–water partition coefficient (Wildman–Crippen LogP) is 4.96. The molecular weight excluding hydrogens is 615 g/mol. The molecule has 14 heteroatoms. The smallest absolute Gasteiger partial charge is 0.293 e. The van der Waals surface area contributed by atoms with Crippen LogP contribution in [0.3, 0.4) is 0 Å². The summed E-state index contributed by atoms with van der Waals surface area (Å²) in [6.07, 6.45) is 14.6. The van der Waals surface area contributed by atoms with Crippen molar-refractivity contribution in [2.24, 2.45) is 11.5 Å². The summed E-state index contributed by atoms with van der Waals surface area (Å²) in [4.78, 5) is 44.0. The van der Waals surface area contributed by atoms with E-state index in [1.54, 1.807) is 0 Å². The zero-order valence-corrected chi connectivity index (χ0v) is 29.7. The van der Waals surface area contributed by atoms with Gasteiger partial charge in [-0.15, -0.1) is 0 Å². The molecule has 0 aromatic heterocycles. The second-order valence-electron chi connectivity index (χ2n) is 9.27. The van der Waals surface area contributed by atoms with Crippen LogP contribution < -0.4 is 22.1 Å². The maximum Gasteiger partial charge on any atom is 0.293 e. The molecule has 6 N–H and O–H groups in total. The Labute approximate surface area is 277 Å². The molecule has 0 aromatic carbocycles. The Morgan fingerprint density at radius 1 is 0.659 bits per heavy atom. The minimum atomic E-state index is -1.29. The number of carbonyl (C=O) groups is 4. The molecule has 0 spiro atoms. The van der Waals surface area contributed by atoms with Crippen LogP contribution >= 0.6 is 23.7 Å². The highest BCUT2D eigenvalue weighted by Gasteiger charge is 2.35. The van der Waals surface area contributed by atoms with E-state index in [1.165, 1.54) is 79.1 Å². The second kappa shape index (κ2) is 51.1. The molecule has 0 fully saturated rings. The molecule has 0 aliphatic rings. The Bertz CT molecular complexity index is 575. The summed E-state index contributed by atoms with van der Waals surface area (Å²) in [5.41, 5.74) is 10.7. The van der Waals surface area contributed by atoms with Crippen LogP contribution in [0.2, 0.25) is 0 Å². The van der Waals surface area contributed by atoms with Crippen LogP contribution in [0.1, 0.15) is 111 Å². The molecule has 0 aromatic rings. The summed E-state index contributed by atoms with van der Waals surface area (Å²) in [6, 6.07) is 0. The average molecular weight is 680 g/mol. The Hall–Kier alpha value is -1.54.